The van der Waals surface area contributed by atoms with Crippen molar-refractivity contribution in [2.45, 2.75) is 166 Å². The standard InChI is InChI=1S/C36H64N8.Mg.2H/c1-36(2,3)26-18-10-17-25-27(26)35-43-33-24-16-9-8-15-23(24)31(41-33)39-29-20-12-5-4-11-19(20)28(37-29)38-30-21-13-6-7-14-22(21)32(40-30)42-34(25)44-35;;;/h19-35,37-44H,4-18H2,1-3H3;;;/q;+2;2*-1. The quantitative estimate of drug-likeness (QED) is 0.191. The third-order valence-electron chi connectivity index (χ3n) is 15.0. The summed E-state index contributed by atoms with van der Waals surface area (Å²) in [7, 11) is 0. The van der Waals surface area contributed by atoms with E-state index in [-0.39, 0.29) is 25.9 Å². The zero-order valence-electron chi connectivity index (χ0n) is 30.6. The molecule has 9 rings (SSSR count). The first-order valence-electron chi connectivity index (χ1n) is 19.5. The Labute approximate surface area is 292 Å². The largest absolute Gasteiger partial charge is 2.00 e. The van der Waals surface area contributed by atoms with Crippen molar-refractivity contribution in [3.63, 3.8) is 0 Å². The van der Waals surface area contributed by atoms with E-state index >= 15 is 0 Å². The number of hydrogen-bond donors (Lipinski definition) is 8. The molecule has 0 amide bonds. The van der Waals surface area contributed by atoms with Gasteiger partial charge in [0.2, 0.25) is 0 Å². The van der Waals surface area contributed by atoms with Gasteiger partial charge < -0.3 is 2.85 Å². The van der Waals surface area contributed by atoms with Crippen LogP contribution in [0.5, 0.6) is 0 Å². The van der Waals surface area contributed by atoms with Gasteiger partial charge in [-0.1, -0.05) is 65.7 Å². The zero-order valence-corrected chi connectivity index (χ0v) is 30.0. The molecule has 9 fully saturated rings. The number of hydrogen-bond acceptors (Lipinski definition) is 8. The van der Waals surface area contributed by atoms with Crippen molar-refractivity contribution < 1.29 is 2.85 Å². The predicted molar refractivity (Wildman–Crippen MR) is 183 cm³/mol. The summed E-state index contributed by atoms with van der Waals surface area (Å²) in [5.41, 5.74) is 0.329. The molecule has 5 heterocycles. The smallest absolute Gasteiger partial charge is 1.00 e. The molecule has 9 aliphatic rings. The minimum atomic E-state index is 0. The van der Waals surface area contributed by atoms with E-state index in [2.05, 4.69) is 63.3 Å². The Kier molecular flexibility index (Phi) is 9.40. The van der Waals surface area contributed by atoms with Gasteiger partial charge in [0.1, 0.15) is 0 Å². The Morgan fingerprint density at radius 2 is 0.622 bits per heavy atom. The van der Waals surface area contributed by atoms with Gasteiger partial charge in [0.25, 0.3) is 0 Å². The third-order valence-corrected chi connectivity index (χ3v) is 15.0. The summed E-state index contributed by atoms with van der Waals surface area (Å²) in [6, 6.07) is 0. The van der Waals surface area contributed by atoms with Crippen LogP contribution in [0, 0.1) is 58.7 Å². The molecule has 9 heteroatoms. The summed E-state index contributed by atoms with van der Waals surface area (Å²) < 4.78 is 0. The molecule has 45 heavy (non-hydrogen) atoms. The maximum atomic E-state index is 4.36. The fourth-order valence-corrected chi connectivity index (χ4v) is 13.1. The summed E-state index contributed by atoms with van der Waals surface area (Å²) in [5.74, 6) is 6.48. The fraction of sp³-hybridized carbons (Fsp3) is 1.00. The van der Waals surface area contributed by atoms with Crippen LogP contribution in [0.15, 0.2) is 0 Å². The SMILES string of the molecule is CC(C)(C)C1CCCC2C3NC4NC(NC5NC(NC6NC(NC(N3)C21)C1CCCCC61)C1CCCCC51)C1CCCCC41.[H-].[H-].[Mg+2]. The molecule has 17 unspecified atom stereocenters. The Hall–Kier alpha value is 0.446. The summed E-state index contributed by atoms with van der Waals surface area (Å²) in [4.78, 5) is 0. The molecule has 8 nitrogen and oxygen atoms in total. The molecule has 5 aliphatic heterocycles. The molecule has 8 N–H and O–H groups in total. The van der Waals surface area contributed by atoms with Crippen LogP contribution in [0.25, 0.3) is 0 Å². The van der Waals surface area contributed by atoms with Crippen LogP contribution in [-0.4, -0.2) is 72.4 Å². The Morgan fingerprint density at radius 1 is 0.356 bits per heavy atom. The zero-order chi connectivity index (χ0) is 29.6. The Bertz CT molecular complexity index is 1050. The van der Waals surface area contributed by atoms with Gasteiger partial charge in [-0.2, -0.15) is 0 Å². The van der Waals surface area contributed by atoms with Crippen molar-refractivity contribution in [2.24, 2.45) is 58.7 Å². The normalized spacial score (nSPS) is 54.3. The van der Waals surface area contributed by atoms with Crippen LogP contribution in [-0.2, 0) is 0 Å². The molecule has 0 spiro atoms. The molecule has 0 radical (unpaired) electrons. The molecule has 4 aliphatic carbocycles. The molecule has 8 bridgehead atoms. The van der Waals surface area contributed by atoms with Gasteiger partial charge in [-0.15, -0.1) is 0 Å². The first-order chi connectivity index (χ1) is 21.4. The number of fused-ring (bicyclic) bond motifs is 20. The van der Waals surface area contributed by atoms with E-state index < -0.39 is 0 Å². The van der Waals surface area contributed by atoms with Crippen LogP contribution in [0.1, 0.15) is 120 Å². The first kappa shape index (κ1) is 32.6. The molecule has 5 saturated heterocycles. The van der Waals surface area contributed by atoms with Crippen molar-refractivity contribution in [3.05, 3.63) is 0 Å². The Morgan fingerprint density at radius 3 is 0.933 bits per heavy atom. The second-order valence-corrected chi connectivity index (χ2v) is 18.1. The number of rotatable bonds is 0. The molecule has 0 aromatic rings. The van der Waals surface area contributed by atoms with E-state index in [1.807, 2.05) is 0 Å². The van der Waals surface area contributed by atoms with Crippen molar-refractivity contribution in [1.29, 1.82) is 0 Å². The minimum Gasteiger partial charge on any atom is -1.00 e. The van der Waals surface area contributed by atoms with E-state index in [0.717, 1.165) is 41.4 Å². The molecule has 252 valence electrons. The van der Waals surface area contributed by atoms with Gasteiger partial charge in [0.15, 0.2) is 0 Å². The van der Waals surface area contributed by atoms with Crippen LogP contribution in [0.4, 0.5) is 0 Å². The topological polar surface area (TPSA) is 96.2 Å². The number of nitrogens with one attached hydrogen (secondary N) is 8. The molecule has 0 aromatic heterocycles. The van der Waals surface area contributed by atoms with E-state index in [0.29, 0.717) is 66.6 Å². The van der Waals surface area contributed by atoms with Crippen LogP contribution < -0.4 is 42.5 Å². The third kappa shape index (κ3) is 5.81. The summed E-state index contributed by atoms with van der Waals surface area (Å²) in [6.07, 6.45) is 23.8. The molecule has 17 atom stereocenters. The monoisotopic (exact) mass is 635 g/mol. The minimum absolute atomic E-state index is 0. The average molecular weight is 635 g/mol. The van der Waals surface area contributed by atoms with Crippen molar-refractivity contribution in [2.75, 3.05) is 0 Å². The Balaban J connectivity index is 0.00000129. The van der Waals surface area contributed by atoms with Crippen molar-refractivity contribution in [3.8, 4) is 0 Å². The van der Waals surface area contributed by atoms with Gasteiger partial charge in [-0.25, -0.2) is 0 Å². The summed E-state index contributed by atoms with van der Waals surface area (Å²) in [6.45, 7) is 7.54. The van der Waals surface area contributed by atoms with Crippen LogP contribution >= 0.6 is 0 Å². The van der Waals surface area contributed by atoms with Gasteiger partial charge in [0, 0.05) is 0 Å². The van der Waals surface area contributed by atoms with Gasteiger partial charge in [-0.3, -0.25) is 42.5 Å². The molecule has 4 saturated carbocycles. The molecule has 0 aromatic carbocycles. The second kappa shape index (κ2) is 13.0. The van der Waals surface area contributed by atoms with Gasteiger partial charge in [-0.05, 0) is 110 Å². The van der Waals surface area contributed by atoms with Gasteiger partial charge in [0.05, 0.1) is 49.3 Å². The van der Waals surface area contributed by atoms with Crippen LogP contribution in [0.3, 0.4) is 0 Å². The maximum absolute atomic E-state index is 4.36. The maximum Gasteiger partial charge on any atom is 2.00 e. The first-order valence-corrected chi connectivity index (χ1v) is 19.5. The predicted octanol–water partition coefficient (Wildman–Crippen LogP) is 3.72. The molecular formula is C36H66MgN8. The summed E-state index contributed by atoms with van der Waals surface area (Å²) in [5, 5.41) is 34.2. The summed E-state index contributed by atoms with van der Waals surface area (Å²) >= 11 is 0. The second-order valence-electron chi connectivity index (χ2n) is 18.1. The fourth-order valence-electron chi connectivity index (χ4n) is 13.1. The molecular weight excluding hydrogens is 569 g/mol. The van der Waals surface area contributed by atoms with Crippen molar-refractivity contribution in [1.82, 2.24) is 42.5 Å². The van der Waals surface area contributed by atoms with E-state index in [9.17, 15) is 0 Å². The van der Waals surface area contributed by atoms with Gasteiger partial charge >= 0.3 is 23.1 Å². The van der Waals surface area contributed by atoms with Crippen molar-refractivity contribution >= 4 is 23.1 Å². The average Bonchev–Trinajstić information content (AvgIpc) is 3.76. The van der Waals surface area contributed by atoms with Crippen LogP contribution in [0.2, 0.25) is 0 Å². The van der Waals surface area contributed by atoms with E-state index in [1.165, 1.54) is 96.3 Å². The van der Waals surface area contributed by atoms with E-state index in [1.54, 1.807) is 0 Å². The van der Waals surface area contributed by atoms with E-state index in [4.69, 9.17) is 0 Å².